The molecule has 0 bridgehead atoms. The van der Waals surface area contributed by atoms with Gasteiger partial charge in [0, 0.05) is 17.7 Å². The van der Waals surface area contributed by atoms with Gasteiger partial charge in [-0.1, -0.05) is 35.5 Å². The first-order valence-corrected chi connectivity index (χ1v) is 7.37. The van der Waals surface area contributed by atoms with E-state index in [9.17, 15) is 13.2 Å². The van der Waals surface area contributed by atoms with Crippen LogP contribution in [0.3, 0.4) is 0 Å². The van der Waals surface area contributed by atoms with E-state index in [0.29, 0.717) is 6.07 Å². The van der Waals surface area contributed by atoms with E-state index in [1.54, 1.807) is 10.9 Å². The van der Waals surface area contributed by atoms with Crippen molar-refractivity contribution in [3.05, 3.63) is 71.7 Å². The van der Waals surface area contributed by atoms with E-state index in [-0.39, 0.29) is 30.9 Å². The number of nitrogens with two attached hydrogens (primary N) is 1. The van der Waals surface area contributed by atoms with Crippen LogP contribution in [0.2, 0.25) is 0 Å². The number of hydrogen-bond acceptors (Lipinski definition) is 3. The molecule has 1 atom stereocenters. The van der Waals surface area contributed by atoms with Crippen molar-refractivity contribution < 1.29 is 13.2 Å². The Kier molecular flexibility index (Phi) is 6.17. The number of aromatic nitrogens is 3. The molecule has 0 unspecified atom stereocenters. The molecule has 2 N–H and O–H groups in total. The summed E-state index contributed by atoms with van der Waals surface area (Å²) in [5.74, 6) is -3.12. The van der Waals surface area contributed by atoms with Gasteiger partial charge in [-0.3, -0.25) is 0 Å². The number of benzene rings is 2. The minimum Gasteiger partial charge on any atom is -0.326 e. The van der Waals surface area contributed by atoms with Crippen LogP contribution in [-0.4, -0.2) is 21.0 Å². The molecule has 25 heavy (non-hydrogen) atoms. The number of nitrogens with zero attached hydrogens (tertiary/aromatic N) is 3. The minimum atomic E-state index is -1.22. The van der Waals surface area contributed by atoms with Gasteiger partial charge in [-0.2, -0.15) is 0 Å². The van der Waals surface area contributed by atoms with Gasteiger partial charge in [0.25, 0.3) is 0 Å². The second-order valence-electron chi connectivity index (χ2n) is 5.49. The summed E-state index contributed by atoms with van der Waals surface area (Å²) in [5.41, 5.74) is 7.76. The van der Waals surface area contributed by atoms with Crippen LogP contribution >= 0.6 is 12.4 Å². The van der Waals surface area contributed by atoms with E-state index in [2.05, 4.69) is 10.3 Å². The largest absolute Gasteiger partial charge is 0.326 e. The Labute approximate surface area is 148 Å². The highest BCUT2D eigenvalue weighted by Gasteiger charge is 2.15. The molecule has 0 radical (unpaired) electrons. The molecule has 4 nitrogen and oxygen atoms in total. The molecule has 0 saturated carbocycles. The van der Waals surface area contributed by atoms with Gasteiger partial charge in [-0.05, 0) is 18.1 Å². The molecule has 8 heteroatoms. The number of hydrogen-bond donors (Lipinski definition) is 1. The predicted octanol–water partition coefficient (Wildman–Crippen LogP) is 3.35. The maximum atomic E-state index is 13.7. The predicted molar refractivity (Wildman–Crippen MR) is 90.7 cm³/mol. The molecular formula is C17H16ClF3N4. The van der Waals surface area contributed by atoms with Crippen LogP contribution < -0.4 is 5.73 Å². The lowest BCUT2D eigenvalue weighted by atomic mass is 10.1. The summed E-state index contributed by atoms with van der Waals surface area (Å²) >= 11 is 0. The van der Waals surface area contributed by atoms with Gasteiger partial charge in [0.05, 0.1) is 18.4 Å². The topological polar surface area (TPSA) is 56.7 Å². The van der Waals surface area contributed by atoms with Gasteiger partial charge < -0.3 is 5.73 Å². The summed E-state index contributed by atoms with van der Waals surface area (Å²) in [6.07, 6.45) is 1.66. The molecule has 0 saturated heterocycles. The van der Waals surface area contributed by atoms with Crippen LogP contribution in [0.25, 0.3) is 11.3 Å². The highest BCUT2D eigenvalue weighted by Crippen LogP contribution is 2.19. The highest BCUT2D eigenvalue weighted by molar-refractivity contribution is 5.85. The van der Waals surface area contributed by atoms with Crippen molar-refractivity contribution in [2.45, 2.75) is 19.0 Å². The quantitative estimate of drug-likeness (QED) is 0.703. The van der Waals surface area contributed by atoms with Crippen LogP contribution in [-0.2, 0) is 13.0 Å². The van der Waals surface area contributed by atoms with Gasteiger partial charge in [0.1, 0.15) is 5.82 Å². The molecule has 0 aliphatic heterocycles. The normalized spacial score (nSPS) is 11.8. The Morgan fingerprint density at radius 1 is 1.00 bits per heavy atom. The molecule has 1 aromatic heterocycles. The van der Waals surface area contributed by atoms with Crippen LogP contribution in [0, 0.1) is 17.5 Å². The number of halogens is 4. The third-order valence-electron chi connectivity index (χ3n) is 3.67. The first-order chi connectivity index (χ1) is 11.5. The van der Waals surface area contributed by atoms with Crippen molar-refractivity contribution in [2.75, 3.05) is 0 Å². The molecule has 1 heterocycles. The number of rotatable bonds is 5. The van der Waals surface area contributed by atoms with Crippen LogP contribution in [0.5, 0.6) is 0 Å². The Bertz CT molecular complexity index is 839. The average Bonchev–Trinajstić information content (AvgIpc) is 3.01. The maximum Gasteiger partial charge on any atom is 0.161 e. The van der Waals surface area contributed by atoms with Crippen molar-refractivity contribution in [2.24, 2.45) is 5.73 Å². The smallest absolute Gasteiger partial charge is 0.161 e. The summed E-state index contributed by atoms with van der Waals surface area (Å²) < 4.78 is 41.6. The molecule has 0 spiro atoms. The Morgan fingerprint density at radius 3 is 2.40 bits per heavy atom. The fourth-order valence-corrected chi connectivity index (χ4v) is 2.51. The molecule has 0 amide bonds. The highest BCUT2D eigenvalue weighted by atomic mass is 35.5. The lowest BCUT2D eigenvalue weighted by Crippen LogP contribution is -2.30. The van der Waals surface area contributed by atoms with Crippen molar-refractivity contribution in [1.82, 2.24) is 15.0 Å². The second-order valence-corrected chi connectivity index (χ2v) is 5.49. The van der Waals surface area contributed by atoms with E-state index in [1.807, 2.05) is 30.3 Å². The summed E-state index contributed by atoms with van der Waals surface area (Å²) in [6, 6.07) is 10.3. The summed E-state index contributed by atoms with van der Waals surface area (Å²) in [7, 11) is 0. The average molecular weight is 369 g/mol. The standard InChI is InChI=1S/C17H15F3N4.ClH/c18-14-8-16(20)15(19)7-12(14)6-13(21)10-24-17(9-22-23-24)11-4-2-1-3-5-11;/h1-5,7-9,13H,6,10,21H2;1H/t13-;/m1./s1. The lowest BCUT2D eigenvalue weighted by Gasteiger charge is -2.14. The van der Waals surface area contributed by atoms with Gasteiger partial charge in [-0.25, -0.2) is 17.9 Å². The lowest BCUT2D eigenvalue weighted by molar-refractivity contribution is 0.471. The fourth-order valence-electron chi connectivity index (χ4n) is 2.51. The van der Waals surface area contributed by atoms with Crippen LogP contribution in [0.15, 0.2) is 48.7 Å². The molecule has 0 aliphatic rings. The fraction of sp³-hybridized carbons (Fsp3) is 0.176. The van der Waals surface area contributed by atoms with E-state index >= 15 is 0 Å². The van der Waals surface area contributed by atoms with Crippen LogP contribution in [0.1, 0.15) is 5.56 Å². The van der Waals surface area contributed by atoms with Gasteiger partial charge in [0.2, 0.25) is 0 Å². The van der Waals surface area contributed by atoms with E-state index < -0.39 is 23.5 Å². The SMILES string of the molecule is Cl.N[C@H](Cc1cc(F)c(F)cc1F)Cn1nncc1-c1ccccc1. The summed E-state index contributed by atoms with van der Waals surface area (Å²) in [6.45, 7) is 0.267. The first kappa shape index (κ1) is 19.0. The van der Waals surface area contributed by atoms with Crippen molar-refractivity contribution in [3.63, 3.8) is 0 Å². The zero-order valence-electron chi connectivity index (χ0n) is 13.1. The minimum absolute atomic E-state index is 0. The van der Waals surface area contributed by atoms with E-state index in [4.69, 9.17) is 5.73 Å². The van der Waals surface area contributed by atoms with Crippen molar-refractivity contribution in [3.8, 4) is 11.3 Å². The zero-order chi connectivity index (χ0) is 17.1. The first-order valence-electron chi connectivity index (χ1n) is 7.37. The third-order valence-corrected chi connectivity index (χ3v) is 3.67. The zero-order valence-corrected chi connectivity index (χ0v) is 13.9. The van der Waals surface area contributed by atoms with Crippen molar-refractivity contribution >= 4 is 12.4 Å². The Morgan fingerprint density at radius 2 is 1.68 bits per heavy atom. The third kappa shape index (κ3) is 4.37. The molecule has 2 aromatic carbocycles. The van der Waals surface area contributed by atoms with Crippen molar-refractivity contribution in [1.29, 1.82) is 0 Å². The Balaban J connectivity index is 0.00000225. The van der Waals surface area contributed by atoms with Crippen LogP contribution in [0.4, 0.5) is 13.2 Å². The van der Waals surface area contributed by atoms with Gasteiger partial charge >= 0.3 is 0 Å². The van der Waals surface area contributed by atoms with E-state index in [0.717, 1.165) is 17.3 Å². The molecule has 0 aliphatic carbocycles. The Hall–Kier alpha value is -2.38. The summed E-state index contributed by atoms with van der Waals surface area (Å²) in [5, 5.41) is 7.86. The molecule has 0 fully saturated rings. The molecular weight excluding hydrogens is 353 g/mol. The molecule has 3 rings (SSSR count). The second kappa shape index (κ2) is 8.13. The van der Waals surface area contributed by atoms with Gasteiger partial charge in [0.15, 0.2) is 11.6 Å². The monoisotopic (exact) mass is 368 g/mol. The maximum absolute atomic E-state index is 13.7. The molecule has 132 valence electrons. The van der Waals surface area contributed by atoms with E-state index in [1.165, 1.54) is 0 Å². The van der Waals surface area contributed by atoms with Gasteiger partial charge in [-0.15, -0.1) is 17.5 Å². The summed E-state index contributed by atoms with van der Waals surface area (Å²) in [4.78, 5) is 0. The molecule has 3 aromatic rings.